The van der Waals surface area contributed by atoms with Crippen molar-refractivity contribution >= 4 is 49.5 Å². The molecule has 0 aromatic carbocycles. The van der Waals surface area contributed by atoms with Crippen molar-refractivity contribution in [1.29, 1.82) is 0 Å². The molecule has 0 spiro atoms. The first-order chi connectivity index (χ1) is 10.2. The second kappa shape index (κ2) is 4.78. The minimum absolute atomic E-state index is 0.203. The molecule has 0 radical (unpaired) electrons. The van der Waals surface area contributed by atoms with Gasteiger partial charge in [0.2, 0.25) is 0 Å². The third kappa shape index (κ3) is 2.28. The van der Waals surface area contributed by atoms with Gasteiger partial charge in [0.15, 0.2) is 5.13 Å². The van der Waals surface area contributed by atoms with E-state index in [1.54, 1.807) is 12.4 Å². The van der Waals surface area contributed by atoms with Crippen LogP contribution < -0.4 is 11.1 Å². The van der Waals surface area contributed by atoms with Crippen LogP contribution in [0.1, 0.15) is 34.1 Å². The summed E-state index contributed by atoms with van der Waals surface area (Å²) in [6, 6.07) is 1.83. The number of pyridine rings is 1. The highest BCUT2D eigenvalue weighted by atomic mass is 32.1. The van der Waals surface area contributed by atoms with Crippen LogP contribution in [0.4, 0.5) is 10.8 Å². The maximum absolute atomic E-state index is 12.4. The van der Waals surface area contributed by atoms with Crippen molar-refractivity contribution in [2.75, 3.05) is 11.1 Å². The van der Waals surface area contributed by atoms with Crippen molar-refractivity contribution < 1.29 is 4.79 Å². The van der Waals surface area contributed by atoms with Gasteiger partial charge in [-0.15, -0.1) is 22.7 Å². The van der Waals surface area contributed by atoms with Gasteiger partial charge >= 0.3 is 0 Å². The minimum atomic E-state index is -0.203. The van der Waals surface area contributed by atoms with Crippen molar-refractivity contribution in [3.05, 3.63) is 34.4 Å². The van der Waals surface area contributed by atoms with E-state index in [1.807, 2.05) is 11.4 Å². The molecule has 3 aromatic rings. The lowest BCUT2D eigenvalue weighted by Crippen LogP contribution is -2.11. The number of nitrogen functional groups attached to an aromatic ring is 1. The van der Waals surface area contributed by atoms with E-state index in [0.717, 1.165) is 15.8 Å². The van der Waals surface area contributed by atoms with Crippen molar-refractivity contribution in [3.8, 4) is 0 Å². The lowest BCUT2D eigenvalue weighted by atomic mass is 10.2. The highest BCUT2D eigenvalue weighted by Crippen LogP contribution is 2.41. The molecule has 3 heterocycles. The zero-order valence-corrected chi connectivity index (χ0v) is 12.6. The van der Waals surface area contributed by atoms with Gasteiger partial charge in [-0.2, -0.15) is 0 Å². The average Bonchev–Trinajstić information content (AvgIpc) is 3.15. The number of aromatic nitrogens is 2. The second-order valence-corrected chi connectivity index (χ2v) is 6.93. The summed E-state index contributed by atoms with van der Waals surface area (Å²) in [5.41, 5.74) is 7.66. The predicted octanol–water partition coefficient (Wildman–Crippen LogP) is 3.46. The quantitative estimate of drug-likeness (QED) is 0.775. The van der Waals surface area contributed by atoms with Crippen LogP contribution in [0.2, 0.25) is 0 Å². The molecule has 5 nitrogen and oxygen atoms in total. The molecular weight excluding hydrogens is 304 g/mol. The van der Waals surface area contributed by atoms with Crippen LogP contribution in [-0.2, 0) is 0 Å². The standard InChI is InChI=1S/C14H12N4OS2/c15-11-8-3-4-16-5-10(8)21-12(11)13(19)18-14-17-9(6-20-14)7-1-2-7/h3-7H,1-2,15H2,(H,17,18,19). The van der Waals surface area contributed by atoms with Crippen LogP contribution in [0.5, 0.6) is 0 Å². The summed E-state index contributed by atoms with van der Waals surface area (Å²) in [7, 11) is 0. The normalized spacial score (nSPS) is 14.5. The maximum atomic E-state index is 12.4. The van der Waals surface area contributed by atoms with Gasteiger partial charge in [-0.1, -0.05) is 0 Å². The molecule has 0 aliphatic heterocycles. The van der Waals surface area contributed by atoms with E-state index in [0.29, 0.717) is 21.6 Å². The first-order valence-corrected chi connectivity index (χ1v) is 8.31. The van der Waals surface area contributed by atoms with Crippen molar-refractivity contribution in [2.24, 2.45) is 0 Å². The fraction of sp³-hybridized carbons (Fsp3) is 0.214. The number of nitrogens with zero attached hydrogens (tertiary/aromatic N) is 2. The van der Waals surface area contributed by atoms with Gasteiger partial charge in [-0.25, -0.2) is 4.98 Å². The molecule has 3 aromatic heterocycles. The SMILES string of the molecule is Nc1c(C(=O)Nc2nc(C3CC3)cs2)sc2cnccc12. The Balaban J connectivity index is 1.61. The Bertz CT molecular complexity index is 834. The Morgan fingerprint density at radius 3 is 3.05 bits per heavy atom. The number of nitrogens with one attached hydrogen (secondary N) is 1. The van der Waals surface area contributed by atoms with Crippen LogP contribution in [0.3, 0.4) is 0 Å². The summed E-state index contributed by atoms with van der Waals surface area (Å²) in [6.07, 6.45) is 5.80. The van der Waals surface area contributed by atoms with Crippen molar-refractivity contribution in [1.82, 2.24) is 9.97 Å². The molecule has 3 N–H and O–H groups in total. The minimum Gasteiger partial charge on any atom is -0.397 e. The molecule has 0 bridgehead atoms. The largest absolute Gasteiger partial charge is 0.397 e. The average molecular weight is 316 g/mol. The zero-order chi connectivity index (χ0) is 14.4. The van der Waals surface area contributed by atoms with Crippen LogP contribution in [0, 0.1) is 0 Å². The number of anilines is 2. The van der Waals surface area contributed by atoms with Crippen LogP contribution >= 0.6 is 22.7 Å². The lowest BCUT2D eigenvalue weighted by Gasteiger charge is -2.00. The summed E-state index contributed by atoms with van der Waals surface area (Å²) in [5.74, 6) is 0.387. The smallest absolute Gasteiger partial charge is 0.269 e. The molecule has 1 amide bonds. The van der Waals surface area contributed by atoms with Gasteiger partial charge in [0.05, 0.1) is 16.1 Å². The number of amides is 1. The van der Waals surface area contributed by atoms with Gasteiger partial charge in [0.1, 0.15) is 4.88 Å². The monoisotopic (exact) mass is 316 g/mol. The topological polar surface area (TPSA) is 80.9 Å². The Kier molecular flexibility index (Phi) is 2.90. The highest BCUT2D eigenvalue weighted by molar-refractivity contribution is 7.21. The lowest BCUT2D eigenvalue weighted by molar-refractivity contribution is 0.103. The second-order valence-electron chi connectivity index (χ2n) is 5.02. The third-order valence-electron chi connectivity index (χ3n) is 3.48. The van der Waals surface area contributed by atoms with E-state index in [1.165, 1.54) is 35.5 Å². The summed E-state index contributed by atoms with van der Waals surface area (Å²) in [6.45, 7) is 0. The number of hydrogen-bond donors (Lipinski definition) is 2. The van der Waals surface area contributed by atoms with E-state index >= 15 is 0 Å². The number of rotatable bonds is 3. The molecule has 1 aliphatic carbocycles. The maximum Gasteiger partial charge on any atom is 0.269 e. The summed E-state index contributed by atoms with van der Waals surface area (Å²) >= 11 is 2.82. The number of fused-ring (bicyclic) bond motifs is 1. The van der Waals surface area contributed by atoms with Crippen molar-refractivity contribution in [3.63, 3.8) is 0 Å². The van der Waals surface area contributed by atoms with Crippen molar-refractivity contribution in [2.45, 2.75) is 18.8 Å². The molecular formula is C14H12N4OS2. The van der Waals surface area contributed by atoms with Gasteiger partial charge in [-0.05, 0) is 18.9 Å². The fourth-order valence-electron chi connectivity index (χ4n) is 2.20. The first-order valence-electron chi connectivity index (χ1n) is 6.61. The Morgan fingerprint density at radius 1 is 1.43 bits per heavy atom. The third-order valence-corrected chi connectivity index (χ3v) is 5.41. The zero-order valence-electron chi connectivity index (χ0n) is 11.0. The van der Waals surface area contributed by atoms with E-state index in [9.17, 15) is 4.79 Å². The molecule has 7 heteroatoms. The number of carbonyl (C=O) groups excluding carboxylic acids is 1. The molecule has 1 saturated carbocycles. The van der Waals surface area contributed by atoms with E-state index < -0.39 is 0 Å². The number of carbonyl (C=O) groups is 1. The molecule has 4 rings (SSSR count). The Labute approximate surface area is 128 Å². The number of thiazole rings is 1. The van der Waals surface area contributed by atoms with Crippen LogP contribution in [-0.4, -0.2) is 15.9 Å². The van der Waals surface area contributed by atoms with Gasteiger partial charge in [0.25, 0.3) is 5.91 Å². The first kappa shape index (κ1) is 12.7. The van der Waals surface area contributed by atoms with E-state index in [2.05, 4.69) is 15.3 Å². The number of nitrogens with two attached hydrogens (primary N) is 1. The number of thiophene rings is 1. The van der Waals surface area contributed by atoms with Gasteiger partial charge < -0.3 is 5.73 Å². The Hall–Kier alpha value is -1.99. The Morgan fingerprint density at radius 2 is 2.29 bits per heavy atom. The predicted molar refractivity (Wildman–Crippen MR) is 86.1 cm³/mol. The van der Waals surface area contributed by atoms with Crippen LogP contribution in [0.25, 0.3) is 10.1 Å². The number of hydrogen-bond acceptors (Lipinski definition) is 6. The summed E-state index contributed by atoms with van der Waals surface area (Å²) in [5, 5.41) is 6.37. The molecule has 106 valence electrons. The highest BCUT2D eigenvalue weighted by Gasteiger charge is 2.26. The molecule has 1 aliphatic rings. The van der Waals surface area contributed by atoms with Crippen LogP contribution in [0.15, 0.2) is 23.8 Å². The molecule has 0 unspecified atom stereocenters. The van der Waals surface area contributed by atoms with E-state index in [4.69, 9.17) is 5.73 Å². The van der Waals surface area contributed by atoms with Gasteiger partial charge in [-0.3, -0.25) is 15.1 Å². The van der Waals surface area contributed by atoms with Gasteiger partial charge in [0, 0.05) is 29.1 Å². The molecule has 21 heavy (non-hydrogen) atoms. The molecule has 0 saturated heterocycles. The molecule has 0 atom stereocenters. The van der Waals surface area contributed by atoms with E-state index in [-0.39, 0.29) is 5.91 Å². The fourth-order valence-corrected chi connectivity index (χ4v) is 3.98. The molecule has 1 fully saturated rings. The summed E-state index contributed by atoms with van der Waals surface area (Å²) < 4.78 is 0.915. The summed E-state index contributed by atoms with van der Waals surface area (Å²) in [4.78, 5) is 21.4.